The Hall–Kier alpha value is -3.87. The molecule has 3 heterocycles. The van der Waals surface area contributed by atoms with Crippen molar-refractivity contribution in [3.8, 4) is 17.6 Å². The molecule has 2 aliphatic rings. The molecule has 1 aliphatic heterocycles. The molecule has 1 aliphatic carbocycles. The summed E-state index contributed by atoms with van der Waals surface area (Å²) in [6, 6.07) is 7.72. The third kappa shape index (κ3) is 3.37. The standard InChI is InChI=1S/C25H19F4N5O/c1-14-31-32-24-30-22(19-17(34(14)24)7-6-16(26)20(19)27)33-12-3-13-35-21-15(4-2-5-18(21)33)8-9-25(10-11-25)23(28)29/h2,4-7,23H,3,10-13H2,1H3. The highest BCUT2D eigenvalue weighted by molar-refractivity contribution is 5.95. The molecule has 1 fully saturated rings. The molecule has 4 aromatic rings. The van der Waals surface area contributed by atoms with Crippen LogP contribution in [0.1, 0.15) is 30.7 Å². The van der Waals surface area contributed by atoms with Gasteiger partial charge < -0.3 is 9.64 Å². The number of anilines is 2. The van der Waals surface area contributed by atoms with Crippen LogP contribution in [0, 0.1) is 35.8 Å². The van der Waals surface area contributed by atoms with Gasteiger partial charge in [0.05, 0.1) is 34.2 Å². The van der Waals surface area contributed by atoms with E-state index in [1.165, 1.54) is 6.07 Å². The highest BCUT2D eigenvalue weighted by Crippen LogP contribution is 2.50. The van der Waals surface area contributed by atoms with Gasteiger partial charge in [0.15, 0.2) is 17.4 Å². The monoisotopic (exact) mass is 481 g/mol. The van der Waals surface area contributed by atoms with Crippen LogP contribution in [0.25, 0.3) is 16.7 Å². The van der Waals surface area contributed by atoms with Gasteiger partial charge in [0.25, 0.3) is 12.2 Å². The predicted octanol–water partition coefficient (Wildman–Crippen LogP) is 5.18. The van der Waals surface area contributed by atoms with Crippen molar-refractivity contribution in [2.75, 3.05) is 18.1 Å². The highest BCUT2D eigenvalue weighted by atomic mass is 19.3. The molecule has 2 aromatic carbocycles. The van der Waals surface area contributed by atoms with E-state index in [0.29, 0.717) is 60.8 Å². The number of aromatic nitrogens is 4. The van der Waals surface area contributed by atoms with Crippen LogP contribution in [0.2, 0.25) is 0 Å². The van der Waals surface area contributed by atoms with E-state index in [1.807, 2.05) is 0 Å². The minimum atomic E-state index is -2.51. The molecule has 0 saturated heterocycles. The minimum Gasteiger partial charge on any atom is -0.490 e. The van der Waals surface area contributed by atoms with Crippen molar-refractivity contribution in [1.82, 2.24) is 19.6 Å². The van der Waals surface area contributed by atoms with Gasteiger partial charge in [-0.15, -0.1) is 10.2 Å². The summed E-state index contributed by atoms with van der Waals surface area (Å²) in [7, 11) is 0. The molecule has 0 N–H and O–H groups in total. The molecule has 6 rings (SSSR count). The Bertz CT molecular complexity index is 1550. The Kier molecular flexibility index (Phi) is 4.85. The lowest BCUT2D eigenvalue weighted by Crippen LogP contribution is -2.20. The van der Waals surface area contributed by atoms with Gasteiger partial charge in [-0.1, -0.05) is 17.9 Å². The van der Waals surface area contributed by atoms with E-state index >= 15 is 4.39 Å². The van der Waals surface area contributed by atoms with Crippen LogP contribution in [0.4, 0.5) is 29.1 Å². The number of hydrogen-bond donors (Lipinski definition) is 0. The van der Waals surface area contributed by atoms with Gasteiger partial charge in [-0.2, -0.15) is 4.98 Å². The smallest absolute Gasteiger partial charge is 0.257 e. The fraction of sp³-hybridized carbons (Fsp3) is 0.320. The van der Waals surface area contributed by atoms with Crippen molar-refractivity contribution in [2.24, 2.45) is 5.41 Å². The molecule has 178 valence electrons. The molecule has 0 unspecified atom stereocenters. The Morgan fingerprint density at radius 3 is 2.71 bits per heavy atom. The molecular formula is C25H19F4N5O. The summed E-state index contributed by atoms with van der Waals surface area (Å²) in [6.07, 6.45) is -1.24. The quantitative estimate of drug-likeness (QED) is 0.292. The van der Waals surface area contributed by atoms with Gasteiger partial charge in [-0.05, 0) is 50.5 Å². The summed E-state index contributed by atoms with van der Waals surface area (Å²) in [5.74, 6) is 4.88. The number of nitrogens with zero attached hydrogens (tertiary/aromatic N) is 5. The molecule has 0 spiro atoms. The van der Waals surface area contributed by atoms with Crippen LogP contribution in [0.5, 0.6) is 5.75 Å². The number of rotatable bonds is 2. The molecule has 1 saturated carbocycles. The summed E-state index contributed by atoms with van der Waals surface area (Å²) >= 11 is 0. The summed E-state index contributed by atoms with van der Waals surface area (Å²) in [5.41, 5.74) is 0.106. The molecule has 0 amide bonds. The lowest BCUT2D eigenvalue weighted by atomic mass is 10.1. The van der Waals surface area contributed by atoms with E-state index < -0.39 is 23.5 Å². The Balaban J connectivity index is 1.57. The highest BCUT2D eigenvalue weighted by Gasteiger charge is 2.50. The maximum atomic E-state index is 15.3. The lowest BCUT2D eigenvalue weighted by Gasteiger charge is -2.25. The third-order valence-corrected chi connectivity index (χ3v) is 6.52. The van der Waals surface area contributed by atoms with Gasteiger partial charge in [0.2, 0.25) is 0 Å². The zero-order chi connectivity index (χ0) is 24.3. The molecular weight excluding hydrogens is 462 g/mol. The first-order valence-electron chi connectivity index (χ1n) is 11.2. The van der Waals surface area contributed by atoms with Crippen molar-refractivity contribution < 1.29 is 22.3 Å². The molecule has 2 aromatic heterocycles. The number of fused-ring (bicyclic) bond motifs is 4. The normalized spacial score (nSPS) is 16.6. The van der Waals surface area contributed by atoms with E-state index in [4.69, 9.17) is 4.74 Å². The third-order valence-electron chi connectivity index (χ3n) is 6.52. The summed E-state index contributed by atoms with van der Waals surface area (Å²) in [6.45, 7) is 2.43. The Morgan fingerprint density at radius 1 is 1.11 bits per heavy atom. The average molecular weight is 481 g/mol. The topological polar surface area (TPSA) is 55.5 Å². The van der Waals surface area contributed by atoms with E-state index in [9.17, 15) is 13.2 Å². The van der Waals surface area contributed by atoms with Crippen LogP contribution in [0.15, 0.2) is 30.3 Å². The number of ether oxygens (including phenoxy) is 1. The molecule has 0 atom stereocenters. The second kappa shape index (κ2) is 7.83. The Morgan fingerprint density at radius 2 is 1.94 bits per heavy atom. The first-order chi connectivity index (χ1) is 16.9. The fourth-order valence-corrected chi connectivity index (χ4v) is 4.44. The predicted molar refractivity (Wildman–Crippen MR) is 121 cm³/mol. The second-order valence-corrected chi connectivity index (χ2v) is 8.79. The largest absolute Gasteiger partial charge is 0.490 e. The maximum absolute atomic E-state index is 15.3. The molecule has 6 nitrogen and oxygen atoms in total. The van der Waals surface area contributed by atoms with Gasteiger partial charge >= 0.3 is 0 Å². The lowest BCUT2D eigenvalue weighted by molar-refractivity contribution is 0.0921. The number of hydrogen-bond acceptors (Lipinski definition) is 5. The molecule has 10 heteroatoms. The van der Waals surface area contributed by atoms with E-state index in [-0.39, 0.29) is 17.0 Å². The van der Waals surface area contributed by atoms with Crippen LogP contribution >= 0.6 is 0 Å². The van der Waals surface area contributed by atoms with Gasteiger partial charge in [0, 0.05) is 6.54 Å². The molecule has 35 heavy (non-hydrogen) atoms. The zero-order valence-corrected chi connectivity index (χ0v) is 18.7. The van der Waals surface area contributed by atoms with Gasteiger partial charge in [0.1, 0.15) is 11.6 Å². The van der Waals surface area contributed by atoms with Crippen molar-refractivity contribution in [3.05, 3.63) is 53.4 Å². The van der Waals surface area contributed by atoms with E-state index in [1.54, 1.807) is 34.4 Å². The van der Waals surface area contributed by atoms with Crippen molar-refractivity contribution in [3.63, 3.8) is 0 Å². The van der Waals surface area contributed by atoms with Crippen molar-refractivity contribution in [1.29, 1.82) is 0 Å². The number of alkyl halides is 2. The first-order valence-corrected chi connectivity index (χ1v) is 11.2. The first kappa shape index (κ1) is 21.6. The van der Waals surface area contributed by atoms with Crippen molar-refractivity contribution >= 4 is 28.2 Å². The van der Waals surface area contributed by atoms with Crippen LogP contribution in [0.3, 0.4) is 0 Å². The maximum Gasteiger partial charge on any atom is 0.257 e. The fourth-order valence-electron chi connectivity index (χ4n) is 4.44. The minimum absolute atomic E-state index is 0.0145. The molecule has 0 bridgehead atoms. The van der Waals surface area contributed by atoms with E-state index in [0.717, 1.165) is 6.07 Å². The number of halogens is 4. The summed E-state index contributed by atoms with van der Waals surface area (Å²) < 4.78 is 63.9. The summed E-state index contributed by atoms with van der Waals surface area (Å²) in [4.78, 5) is 6.29. The number of benzene rings is 2. The molecule has 0 radical (unpaired) electrons. The van der Waals surface area contributed by atoms with Gasteiger partial charge in [-0.3, -0.25) is 4.40 Å². The van der Waals surface area contributed by atoms with Crippen LogP contribution < -0.4 is 9.64 Å². The van der Waals surface area contributed by atoms with Crippen LogP contribution in [-0.2, 0) is 0 Å². The average Bonchev–Trinajstić information content (AvgIpc) is 3.60. The Labute approximate surface area is 197 Å². The zero-order valence-electron chi connectivity index (χ0n) is 18.7. The van der Waals surface area contributed by atoms with Crippen molar-refractivity contribution in [2.45, 2.75) is 32.6 Å². The second-order valence-electron chi connectivity index (χ2n) is 8.79. The SMILES string of the molecule is Cc1nnc2nc(N3CCCOc4c(C#CC5(C(F)F)CC5)cccc43)c3c(F)c(F)ccc3n12. The van der Waals surface area contributed by atoms with E-state index in [2.05, 4.69) is 27.0 Å². The van der Waals surface area contributed by atoms with Gasteiger partial charge in [-0.25, -0.2) is 17.6 Å². The number of aryl methyl sites for hydroxylation is 1. The summed E-state index contributed by atoms with van der Waals surface area (Å²) in [5, 5.41) is 8.11. The number of para-hydroxylation sites is 1. The van der Waals surface area contributed by atoms with Crippen LogP contribution in [-0.4, -0.2) is 39.2 Å².